The Bertz CT molecular complexity index is 817. The fourth-order valence-corrected chi connectivity index (χ4v) is 2.20. The Balaban J connectivity index is 1.57. The number of halogens is 1. The third kappa shape index (κ3) is 2.44. The first-order valence-electron chi connectivity index (χ1n) is 6.54. The lowest BCUT2D eigenvalue weighted by molar-refractivity contribution is 0.174. The molecule has 0 unspecified atom stereocenters. The average molecular weight is 316 g/mol. The highest BCUT2D eigenvalue weighted by Gasteiger charge is 2.16. The van der Waals surface area contributed by atoms with Crippen molar-refractivity contribution in [1.82, 2.24) is 10.2 Å². The lowest BCUT2D eigenvalue weighted by Crippen LogP contribution is -1.92. The summed E-state index contributed by atoms with van der Waals surface area (Å²) in [6.45, 7) is 0.228. The molecule has 22 heavy (non-hydrogen) atoms. The van der Waals surface area contributed by atoms with E-state index < -0.39 is 0 Å². The van der Waals surface area contributed by atoms with Gasteiger partial charge in [-0.05, 0) is 42.5 Å². The number of rotatable bonds is 3. The van der Waals surface area contributed by atoms with E-state index in [9.17, 15) is 0 Å². The summed E-state index contributed by atoms with van der Waals surface area (Å²) in [4.78, 5) is 0. The van der Waals surface area contributed by atoms with Gasteiger partial charge in [0.2, 0.25) is 12.7 Å². The Morgan fingerprint density at radius 2 is 1.77 bits per heavy atom. The van der Waals surface area contributed by atoms with Crippen LogP contribution in [0.25, 0.3) is 11.5 Å². The van der Waals surface area contributed by atoms with E-state index in [1.54, 1.807) is 12.1 Å². The van der Waals surface area contributed by atoms with E-state index in [-0.39, 0.29) is 6.79 Å². The fraction of sp³-hybridized carbons (Fsp3) is 0.0667. The molecule has 0 atom stereocenters. The molecule has 1 N–H and O–H groups in total. The zero-order valence-corrected chi connectivity index (χ0v) is 12.0. The minimum atomic E-state index is 0.228. The van der Waals surface area contributed by atoms with Crippen molar-refractivity contribution in [2.24, 2.45) is 0 Å². The van der Waals surface area contributed by atoms with Gasteiger partial charge in [-0.25, -0.2) is 0 Å². The number of ether oxygens (including phenoxy) is 2. The molecule has 110 valence electrons. The second-order valence-corrected chi connectivity index (χ2v) is 5.05. The Hall–Kier alpha value is -2.73. The minimum Gasteiger partial charge on any atom is -0.454 e. The van der Waals surface area contributed by atoms with Crippen molar-refractivity contribution >= 4 is 23.3 Å². The maximum absolute atomic E-state index is 5.84. The summed E-state index contributed by atoms with van der Waals surface area (Å²) in [6, 6.07) is 13.0. The van der Waals surface area contributed by atoms with Crippen molar-refractivity contribution in [3.63, 3.8) is 0 Å². The van der Waals surface area contributed by atoms with Crippen molar-refractivity contribution < 1.29 is 13.9 Å². The molecule has 0 aliphatic carbocycles. The van der Waals surface area contributed by atoms with E-state index in [2.05, 4.69) is 15.5 Å². The van der Waals surface area contributed by atoms with Gasteiger partial charge < -0.3 is 19.2 Å². The molecule has 0 fully saturated rings. The zero-order valence-electron chi connectivity index (χ0n) is 11.2. The molecule has 3 aromatic rings. The number of aromatic nitrogens is 2. The molecule has 6 nitrogen and oxygen atoms in total. The number of nitrogens with one attached hydrogen (secondary N) is 1. The van der Waals surface area contributed by atoms with Crippen LogP contribution in [0.15, 0.2) is 46.9 Å². The molecule has 0 radical (unpaired) electrons. The number of benzene rings is 2. The number of hydrogen-bond acceptors (Lipinski definition) is 6. The van der Waals surface area contributed by atoms with Crippen LogP contribution < -0.4 is 14.8 Å². The molecule has 2 heterocycles. The lowest BCUT2D eigenvalue weighted by atomic mass is 10.2. The van der Waals surface area contributed by atoms with E-state index in [1.165, 1.54) is 0 Å². The molecule has 0 spiro atoms. The second-order valence-electron chi connectivity index (χ2n) is 4.61. The van der Waals surface area contributed by atoms with Gasteiger partial charge in [-0.1, -0.05) is 16.7 Å². The summed E-state index contributed by atoms with van der Waals surface area (Å²) < 4.78 is 16.2. The first-order chi connectivity index (χ1) is 10.8. The number of nitrogens with zero attached hydrogens (tertiary/aromatic N) is 2. The van der Waals surface area contributed by atoms with E-state index in [4.69, 9.17) is 25.5 Å². The summed E-state index contributed by atoms with van der Waals surface area (Å²) in [5, 5.41) is 11.7. The van der Waals surface area contributed by atoms with E-state index in [0.717, 1.165) is 11.3 Å². The van der Waals surface area contributed by atoms with Crippen LogP contribution in [0.4, 0.5) is 11.7 Å². The van der Waals surface area contributed by atoms with Gasteiger partial charge >= 0.3 is 6.01 Å². The predicted octanol–water partition coefficient (Wildman–Crippen LogP) is 3.86. The van der Waals surface area contributed by atoms with Gasteiger partial charge in [-0.15, -0.1) is 5.10 Å². The molecular formula is C15H10ClN3O3. The van der Waals surface area contributed by atoms with Crippen molar-refractivity contribution in [3.8, 4) is 23.0 Å². The van der Waals surface area contributed by atoms with Crippen molar-refractivity contribution in [2.45, 2.75) is 0 Å². The van der Waals surface area contributed by atoms with Gasteiger partial charge in [-0.2, -0.15) is 0 Å². The maximum Gasteiger partial charge on any atom is 0.320 e. The molecule has 1 aliphatic heterocycles. The van der Waals surface area contributed by atoms with Gasteiger partial charge in [0.15, 0.2) is 11.5 Å². The molecule has 1 aliphatic rings. The predicted molar refractivity (Wildman–Crippen MR) is 80.6 cm³/mol. The summed E-state index contributed by atoms with van der Waals surface area (Å²) in [5.41, 5.74) is 1.58. The Morgan fingerprint density at radius 3 is 2.64 bits per heavy atom. The van der Waals surface area contributed by atoms with Crippen LogP contribution in [0.1, 0.15) is 0 Å². The topological polar surface area (TPSA) is 69.4 Å². The number of fused-ring (bicyclic) bond motifs is 1. The number of anilines is 2. The minimum absolute atomic E-state index is 0.228. The standard InChI is InChI=1S/C15H10ClN3O3/c16-10-2-4-11(5-3-10)17-15-19-18-14(22-15)9-1-6-12-13(7-9)21-8-20-12/h1-7H,8H2,(H,17,19). The van der Waals surface area contributed by atoms with Crippen molar-refractivity contribution in [3.05, 3.63) is 47.5 Å². The normalized spacial score (nSPS) is 12.4. The van der Waals surface area contributed by atoms with E-state index in [0.29, 0.717) is 28.4 Å². The third-order valence-corrected chi connectivity index (χ3v) is 3.39. The lowest BCUT2D eigenvalue weighted by Gasteiger charge is -2.00. The van der Waals surface area contributed by atoms with Crippen LogP contribution in [-0.4, -0.2) is 17.0 Å². The summed E-state index contributed by atoms with van der Waals surface area (Å²) in [5.74, 6) is 1.78. The van der Waals surface area contributed by atoms with Gasteiger partial charge in [-0.3, -0.25) is 0 Å². The average Bonchev–Trinajstić information content (AvgIpc) is 3.17. The van der Waals surface area contributed by atoms with Crippen LogP contribution in [0, 0.1) is 0 Å². The largest absolute Gasteiger partial charge is 0.454 e. The van der Waals surface area contributed by atoms with Crippen LogP contribution in [0.2, 0.25) is 5.02 Å². The van der Waals surface area contributed by atoms with E-state index in [1.807, 2.05) is 30.3 Å². The molecule has 1 aromatic heterocycles. The molecule has 0 saturated carbocycles. The highest BCUT2D eigenvalue weighted by Crippen LogP contribution is 2.35. The third-order valence-electron chi connectivity index (χ3n) is 3.14. The fourth-order valence-electron chi connectivity index (χ4n) is 2.08. The highest BCUT2D eigenvalue weighted by atomic mass is 35.5. The van der Waals surface area contributed by atoms with Gasteiger partial charge in [0.1, 0.15) is 0 Å². The van der Waals surface area contributed by atoms with Crippen LogP contribution >= 0.6 is 11.6 Å². The Kier molecular flexibility index (Phi) is 3.08. The summed E-state index contributed by atoms with van der Waals surface area (Å²) in [6.07, 6.45) is 0. The molecule has 2 aromatic carbocycles. The van der Waals surface area contributed by atoms with E-state index >= 15 is 0 Å². The Labute approximate surface area is 130 Å². The Morgan fingerprint density at radius 1 is 0.955 bits per heavy atom. The molecule has 4 rings (SSSR count). The zero-order chi connectivity index (χ0) is 14.9. The smallest absolute Gasteiger partial charge is 0.320 e. The van der Waals surface area contributed by atoms with Gasteiger partial charge in [0.05, 0.1) is 0 Å². The molecule has 0 bridgehead atoms. The molecule has 0 saturated heterocycles. The van der Waals surface area contributed by atoms with Crippen LogP contribution in [0.3, 0.4) is 0 Å². The van der Waals surface area contributed by atoms with Crippen LogP contribution in [-0.2, 0) is 0 Å². The first-order valence-corrected chi connectivity index (χ1v) is 6.92. The molecular weight excluding hydrogens is 306 g/mol. The molecule has 0 amide bonds. The highest BCUT2D eigenvalue weighted by molar-refractivity contribution is 6.30. The van der Waals surface area contributed by atoms with Gasteiger partial charge in [0.25, 0.3) is 0 Å². The monoisotopic (exact) mass is 315 g/mol. The summed E-state index contributed by atoms with van der Waals surface area (Å²) in [7, 11) is 0. The SMILES string of the molecule is Clc1ccc(Nc2nnc(-c3ccc4c(c3)OCO4)o2)cc1. The second kappa shape index (κ2) is 5.23. The summed E-state index contributed by atoms with van der Waals surface area (Å²) >= 11 is 5.84. The van der Waals surface area contributed by atoms with Crippen molar-refractivity contribution in [1.29, 1.82) is 0 Å². The quantitative estimate of drug-likeness (QED) is 0.791. The first kappa shape index (κ1) is 13.0. The maximum atomic E-state index is 5.84. The van der Waals surface area contributed by atoms with Crippen LogP contribution in [0.5, 0.6) is 11.5 Å². The molecule has 7 heteroatoms. The number of hydrogen-bond donors (Lipinski definition) is 1. The van der Waals surface area contributed by atoms with Gasteiger partial charge in [0, 0.05) is 16.3 Å². The van der Waals surface area contributed by atoms with Crippen molar-refractivity contribution in [2.75, 3.05) is 12.1 Å².